The van der Waals surface area contributed by atoms with E-state index in [1.165, 1.54) is 5.56 Å². The fourth-order valence-electron chi connectivity index (χ4n) is 2.24. The summed E-state index contributed by atoms with van der Waals surface area (Å²) in [6.07, 6.45) is 2.03. The highest BCUT2D eigenvalue weighted by Crippen LogP contribution is 2.24. The maximum absolute atomic E-state index is 12.0. The van der Waals surface area contributed by atoms with Gasteiger partial charge in [0.1, 0.15) is 0 Å². The number of carbonyl (C=O) groups excluding carboxylic acids is 1. The number of hydrogen-bond acceptors (Lipinski definition) is 2. The molecule has 2 rings (SSSR count). The lowest BCUT2D eigenvalue weighted by atomic mass is 10.0. The maximum atomic E-state index is 12.0. The van der Waals surface area contributed by atoms with Crippen LogP contribution in [0.15, 0.2) is 24.3 Å². The predicted octanol–water partition coefficient (Wildman–Crippen LogP) is 2.50. The zero-order valence-corrected chi connectivity index (χ0v) is 10.5. The van der Waals surface area contributed by atoms with E-state index >= 15 is 0 Å². The highest BCUT2D eigenvalue weighted by Gasteiger charge is 2.22. The van der Waals surface area contributed by atoms with Gasteiger partial charge in [-0.1, -0.05) is 32.0 Å². The topological polar surface area (TPSA) is 41.1 Å². The third kappa shape index (κ3) is 2.86. The van der Waals surface area contributed by atoms with E-state index in [9.17, 15) is 4.79 Å². The minimum absolute atomic E-state index is 0.0183. The van der Waals surface area contributed by atoms with Gasteiger partial charge >= 0.3 is 0 Å². The number of para-hydroxylation sites is 1. The molecule has 1 saturated heterocycles. The molecule has 2 N–H and O–H groups in total. The molecule has 0 spiro atoms. The van der Waals surface area contributed by atoms with Gasteiger partial charge in [0.25, 0.3) is 0 Å². The van der Waals surface area contributed by atoms with Crippen molar-refractivity contribution in [3.8, 4) is 0 Å². The summed E-state index contributed by atoms with van der Waals surface area (Å²) in [5, 5.41) is 6.25. The summed E-state index contributed by atoms with van der Waals surface area (Å²) >= 11 is 0. The van der Waals surface area contributed by atoms with Crippen molar-refractivity contribution < 1.29 is 4.79 Å². The van der Waals surface area contributed by atoms with E-state index in [-0.39, 0.29) is 11.9 Å². The average Bonchev–Trinajstić information content (AvgIpc) is 2.83. The van der Waals surface area contributed by atoms with E-state index in [0.29, 0.717) is 5.92 Å². The summed E-state index contributed by atoms with van der Waals surface area (Å²) in [6.45, 7) is 5.22. The van der Waals surface area contributed by atoms with Crippen LogP contribution >= 0.6 is 0 Å². The molecule has 0 bridgehead atoms. The second-order valence-electron chi connectivity index (χ2n) is 4.88. The van der Waals surface area contributed by atoms with E-state index in [1.54, 1.807) is 0 Å². The summed E-state index contributed by atoms with van der Waals surface area (Å²) in [5.74, 6) is 0.513. The fourth-order valence-corrected chi connectivity index (χ4v) is 2.24. The van der Waals surface area contributed by atoms with Crippen LogP contribution in [0.4, 0.5) is 5.69 Å². The van der Waals surface area contributed by atoms with E-state index < -0.39 is 0 Å². The summed E-state index contributed by atoms with van der Waals surface area (Å²) < 4.78 is 0. The van der Waals surface area contributed by atoms with Crippen LogP contribution in [0.25, 0.3) is 0 Å². The van der Waals surface area contributed by atoms with Crippen LogP contribution in [-0.4, -0.2) is 18.5 Å². The smallest absolute Gasteiger partial charge is 0.241 e. The Bertz CT molecular complexity index is 395. The van der Waals surface area contributed by atoms with Gasteiger partial charge in [-0.2, -0.15) is 0 Å². The first-order chi connectivity index (χ1) is 8.18. The van der Waals surface area contributed by atoms with Gasteiger partial charge in [0.05, 0.1) is 6.04 Å². The molecule has 1 fully saturated rings. The Balaban J connectivity index is 2.09. The Morgan fingerprint density at radius 1 is 1.41 bits per heavy atom. The summed E-state index contributed by atoms with van der Waals surface area (Å²) in [6, 6.07) is 8.00. The summed E-state index contributed by atoms with van der Waals surface area (Å²) in [7, 11) is 0. The van der Waals surface area contributed by atoms with Gasteiger partial charge < -0.3 is 10.6 Å². The second kappa shape index (κ2) is 5.32. The largest absolute Gasteiger partial charge is 0.324 e. The maximum Gasteiger partial charge on any atom is 0.241 e. The molecule has 0 aromatic heterocycles. The van der Waals surface area contributed by atoms with Crippen molar-refractivity contribution in [3.63, 3.8) is 0 Å². The molecule has 1 atom stereocenters. The third-order valence-electron chi connectivity index (χ3n) is 3.22. The van der Waals surface area contributed by atoms with E-state index in [1.807, 2.05) is 18.2 Å². The zero-order valence-electron chi connectivity index (χ0n) is 10.5. The van der Waals surface area contributed by atoms with Crippen LogP contribution in [0.2, 0.25) is 0 Å². The van der Waals surface area contributed by atoms with E-state index in [0.717, 1.165) is 25.1 Å². The molecule has 1 aliphatic heterocycles. The number of nitrogens with one attached hydrogen (secondary N) is 2. The van der Waals surface area contributed by atoms with Gasteiger partial charge in [0.15, 0.2) is 0 Å². The Hall–Kier alpha value is -1.35. The van der Waals surface area contributed by atoms with Crippen LogP contribution < -0.4 is 10.6 Å². The van der Waals surface area contributed by atoms with E-state index in [4.69, 9.17) is 0 Å². The first-order valence-corrected chi connectivity index (χ1v) is 6.31. The number of hydrogen-bond donors (Lipinski definition) is 2. The predicted molar refractivity (Wildman–Crippen MR) is 70.2 cm³/mol. The first kappa shape index (κ1) is 12.1. The zero-order chi connectivity index (χ0) is 12.3. The molecule has 0 radical (unpaired) electrons. The van der Waals surface area contributed by atoms with Crippen molar-refractivity contribution >= 4 is 11.6 Å². The Kier molecular flexibility index (Phi) is 3.79. The molecule has 92 valence electrons. The van der Waals surface area contributed by atoms with Crippen LogP contribution in [0.5, 0.6) is 0 Å². The number of anilines is 1. The van der Waals surface area contributed by atoms with Crippen LogP contribution in [0.3, 0.4) is 0 Å². The Labute approximate surface area is 103 Å². The molecule has 0 saturated carbocycles. The van der Waals surface area contributed by atoms with Crippen molar-refractivity contribution in [3.05, 3.63) is 29.8 Å². The van der Waals surface area contributed by atoms with Gasteiger partial charge in [-0.15, -0.1) is 0 Å². The van der Waals surface area contributed by atoms with E-state index in [2.05, 4.69) is 30.5 Å². The van der Waals surface area contributed by atoms with Gasteiger partial charge in [0, 0.05) is 5.69 Å². The van der Waals surface area contributed by atoms with Crippen LogP contribution in [0.1, 0.15) is 38.2 Å². The SMILES string of the molecule is CC(C)c1ccccc1NC(=O)C1CCCN1. The highest BCUT2D eigenvalue weighted by atomic mass is 16.2. The van der Waals surface area contributed by atoms with Crippen molar-refractivity contribution in [2.75, 3.05) is 11.9 Å². The lowest BCUT2D eigenvalue weighted by Gasteiger charge is -2.16. The summed E-state index contributed by atoms with van der Waals surface area (Å²) in [4.78, 5) is 12.0. The highest BCUT2D eigenvalue weighted by molar-refractivity contribution is 5.95. The molecule has 1 aromatic carbocycles. The third-order valence-corrected chi connectivity index (χ3v) is 3.22. The number of carbonyl (C=O) groups is 1. The molecule has 1 heterocycles. The molecular weight excluding hydrogens is 212 g/mol. The lowest BCUT2D eigenvalue weighted by molar-refractivity contribution is -0.117. The molecule has 1 unspecified atom stereocenters. The molecule has 3 nitrogen and oxygen atoms in total. The molecule has 17 heavy (non-hydrogen) atoms. The fraction of sp³-hybridized carbons (Fsp3) is 0.500. The first-order valence-electron chi connectivity index (χ1n) is 6.31. The quantitative estimate of drug-likeness (QED) is 0.840. The lowest BCUT2D eigenvalue weighted by Crippen LogP contribution is -2.35. The average molecular weight is 232 g/mol. The molecular formula is C14H20N2O. The normalized spacial score (nSPS) is 19.6. The van der Waals surface area contributed by atoms with Gasteiger partial charge in [-0.3, -0.25) is 4.79 Å². The molecule has 1 aliphatic rings. The Morgan fingerprint density at radius 3 is 2.82 bits per heavy atom. The standard InChI is InChI=1S/C14H20N2O/c1-10(2)11-6-3-4-7-12(11)16-14(17)13-8-5-9-15-13/h3-4,6-7,10,13,15H,5,8-9H2,1-2H3,(H,16,17). The monoisotopic (exact) mass is 232 g/mol. The van der Waals surface area contributed by atoms with Crippen molar-refractivity contribution in [2.24, 2.45) is 0 Å². The number of rotatable bonds is 3. The van der Waals surface area contributed by atoms with Crippen LogP contribution in [0, 0.1) is 0 Å². The molecule has 3 heteroatoms. The van der Waals surface area contributed by atoms with Gasteiger partial charge in [-0.25, -0.2) is 0 Å². The second-order valence-corrected chi connectivity index (χ2v) is 4.88. The van der Waals surface area contributed by atoms with Crippen molar-refractivity contribution in [1.82, 2.24) is 5.32 Å². The van der Waals surface area contributed by atoms with Gasteiger partial charge in [0.2, 0.25) is 5.91 Å². The number of amides is 1. The van der Waals surface area contributed by atoms with Crippen molar-refractivity contribution in [1.29, 1.82) is 0 Å². The molecule has 1 aromatic rings. The van der Waals surface area contributed by atoms with Gasteiger partial charge in [-0.05, 0) is 36.9 Å². The summed E-state index contributed by atoms with van der Waals surface area (Å²) in [5.41, 5.74) is 2.14. The van der Waals surface area contributed by atoms with Crippen LogP contribution in [-0.2, 0) is 4.79 Å². The molecule has 0 aliphatic carbocycles. The van der Waals surface area contributed by atoms with Crippen molar-refractivity contribution in [2.45, 2.75) is 38.6 Å². The Morgan fingerprint density at radius 2 is 2.18 bits per heavy atom. The minimum atomic E-state index is -0.0183. The minimum Gasteiger partial charge on any atom is -0.324 e. The number of benzene rings is 1. The molecule has 1 amide bonds.